The average molecular weight is 888 g/mol. The molecule has 0 unspecified atom stereocenters. The highest BCUT2D eigenvalue weighted by molar-refractivity contribution is 6.07. The molecule has 19 nitrogen and oxygen atoms in total. The number of piperidine rings is 1. The Balaban J connectivity index is 0.813. The van der Waals surface area contributed by atoms with Gasteiger partial charge in [0.15, 0.2) is 11.4 Å². The van der Waals surface area contributed by atoms with Gasteiger partial charge >= 0.3 is 11.9 Å². The number of aryl methyl sites for hydroxylation is 2. The van der Waals surface area contributed by atoms with Crippen LogP contribution in [0.1, 0.15) is 57.4 Å². The second kappa shape index (κ2) is 19.9. The molecule has 7 rings (SSSR count). The normalized spacial score (nSPS) is 14.2. The number of aromatic nitrogens is 6. The average Bonchev–Trinajstić information content (AvgIpc) is 4.00. The second-order valence-electron chi connectivity index (χ2n) is 14.7. The van der Waals surface area contributed by atoms with E-state index in [-0.39, 0.29) is 58.8 Å². The molecule has 64 heavy (non-hydrogen) atoms. The molecule has 1 fully saturated rings. The van der Waals surface area contributed by atoms with Gasteiger partial charge in [-0.2, -0.15) is 18.3 Å². The lowest BCUT2D eigenvalue weighted by Crippen LogP contribution is -2.44. The molecule has 4 amide bonds. The number of oxazole rings is 1. The molecule has 0 bridgehead atoms. The summed E-state index contributed by atoms with van der Waals surface area (Å²) in [6, 6.07) is 14.9. The maximum atomic E-state index is 13.2. The fourth-order valence-corrected chi connectivity index (χ4v) is 7.11. The van der Waals surface area contributed by atoms with Gasteiger partial charge in [0.2, 0.25) is 17.7 Å². The third-order valence-corrected chi connectivity index (χ3v) is 10.2. The minimum atomic E-state index is -4.45. The van der Waals surface area contributed by atoms with Crippen LogP contribution in [0.15, 0.2) is 82.5 Å². The molecule has 1 saturated heterocycles. The minimum Gasteiger partial charge on any atom is -0.444 e. The molecule has 22 heteroatoms. The highest BCUT2D eigenvalue weighted by Gasteiger charge is 2.32. The van der Waals surface area contributed by atoms with Crippen LogP contribution in [0.25, 0.3) is 28.2 Å². The van der Waals surface area contributed by atoms with E-state index in [1.54, 1.807) is 23.7 Å². The number of amides is 4. The summed E-state index contributed by atoms with van der Waals surface area (Å²) >= 11 is 0. The van der Waals surface area contributed by atoms with E-state index in [1.165, 1.54) is 33.8 Å². The summed E-state index contributed by atoms with van der Waals surface area (Å²) in [4.78, 5) is 70.6. The lowest BCUT2D eigenvalue weighted by molar-refractivity contribution is -0.135. The Hall–Kier alpha value is -7.17. The lowest BCUT2D eigenvalue weighted by atomic mass is 10.0. The number of alkyl halides is 3. The zero-order valence-corrected chi connectivity index (χ0v) is 34.4. The van der Waals surface area contributed by atoms with E-state index in [2.05, 4.69) is 36.3 Å². The molecule has 1 aliphatic heterocycles. The molecule has 0 saturated carbocycles. The number of nitrogens with two attached hydrogens (primary N) is 1. The smallest absolute Gasteiger partial charge is 0.405 e. The van der Waals surface area contributed by atoms with Crippen LogP contribution in [-0.4, -0.2) is 98.2 Å². The number of ether oxygens (including phenoxy) is 2. The number of para-hydroxylation sites is 1. The van der Waals surface area contributed by atoms with E-state index in [0.29, 0.717) is 63.6 Å². The molecular weight excluding hydrogens is 844 g/mol. The zero-order valence-electron chi connectivity index (χ0n) is 34.4. The van der Waals surface area contributed by atoms with Crippen molar-refractivity contribution in [2.24, 2.45) is 12.8 Å². The Labute approximate surface area is 362 Å². The van der Waals surface area contributed by atoms with Crippen LogP contribution in [-0.2, 0) is 39.1 Å². The van der Waals surface area contributed by atoms with Crippen molar-refractivity contribution < 1.29 is 46.2 Å². The number of benzene rings is 2. The lowest BCUT2D eigenvalue weighted by Gasteiger charge is -2.21. The van der Waals surface area contributed by atoms with Crippen LogP contribution in [0.3, 0.4) is 0 Å². The van der Waals surface area contributed by atoms with Gasteiger partial charge in [-0.1, -0.05) is 24.3 Å². The molecule has 5 heterocycles. The highest BCUT2D eigenvalue weighted by atomic mass is 19.4. The predicted octanol–water partition coefficient (Wildman–Crippen LogP) is 3.63. The van der Waals surface area contributed by atoms with Crippen LogP contribution < -0.4 is 32.7 Å². The van der Waals surface area contributed by atoms with E-state index in [4.69, 9.17) is 19.6 Å². The van der Waals surface area contributed by atoms with Crippen molar-refractivity contribution in [3.8, 4) is 17.1 Å². The quantitative estimate of drug-likeness (QED) is 0.0544. The number of imide groups is 1. The van der Waals surface area contributed by atoms with Gasteiger partial charge in [0.05, 0.1) is 48.4 Å². The number of carbonyl (C=O) groups excluding carboxylic acids is 4. The molecule has 0 aliphatic carbocycles. The van der Waals surface area contributed by atoms with Gasteiger partial charge in [0.1, 0.15) is 24.7 Å². The van der Waals surface area contributed by atoms with E-state index < -0.39 is 36.5 Å². The van der Waals surface area contributed by atoms with Crippen molar-refractivity contribution in [2.45, 2.75) is 44.4 Å². The summed E-state index contributed by atoms with van der Waals surface area (Å²) in [5, 5.41) is 14.6. The number of carbonyl (C=O) groups is 4. The van der Waals surface area contributed by atoms with Gasteiger partial charge < -0.3 is 35.6 Å². The Kier molecular flexibility index (Phi) is 14.0. The van der Waals surface area contributed by atoms with Gasteiger partial charge in [0, 0.05) is 44.9 Å². The monoisotopic (exact) mass is 887 g/mol. The summed E-state index contributed by atoms with van der Waals surface area (Å²) in [7, 11) is 1.68. The van der Waals surface area contributed by atoms with Gasteiger partial charge in [0.25, 0.3) is 11.8 Å². The maximum absolute atomic E-state index is 13.2. The van der Waals surface area contributed by atoms with E-state index in [1.807, 2.05) is 30.3 Å². The highest BCUT2D eigenvalue weighted by Crippen LogP contribution is 2.27. The van der Waals surface area contributed by atoms with Crippen molar-refractivity contribution in [2.75, 3.05) is 50.2 Å². The Morgan fingerprint density at radius 3 is 2.56 bits per heavy atom. The summed E-state index contributed by atoms with van der Waals surface area (Å²) in [5.41, 5.74) is 9.09. The number of halogens is 3. The third-order valence-electron chi connectivity index (χ3n) is 10.2. The number of pyridine rings is 1. The first-order chi connectivity index (χ1) is 30.8. The van der Waals surface area contributed by atoms with Crippen LogP contribution in [0, 0.1) is 0 Å². The summed E-state index contributed by atoms with van der Waals surface area (Å²) in [5.74, 6) is -2.55. The number of rotatable bonds is 20. The first-order valence-electron chi connectivity index (χ1n) is 20.2. The number of hydrogen-bond acceptors (Lipinski definition) is 13. The molecule has 6 aromatic rings. The molecule has 0 spiro atoms. The fraction of sp³-hybridized carbons (Fsp3) is 0.333. The van der Waals surface area contributed by atoms with Crippen molar-refractivity contribution >= 4 is 46.2 Å². The topological polar surface area (TPSA) is 245 Å². The Bertz CT molecular complexity index is 2710. The minimum absolute atomic E-state index is 0.0178. The maximum Gasteiger partial charge on any atom is 0.405 e. The third kappa shape index (κ3) is 10.9. The van der Waals surface area contributed by atoms with Crippen molar-refractivity contribution in [3.63, 3.8) is 0 Å². The Morgan fingerprint density at radius 2 is 1.81 bits per heavy atom. The molecule has 336 valence electrons. The SMILES string of the molecule is Cn1c(=O)n([C@@H]2CCC(=O)NC2=O)c2cccc(CCCOCCOCCNCc3ccc(-n4cc(NC(=O)c5coc(-c6ccnc(NCC(F)(F)F)c6)n5)c(C(N)=O)n4)cc3)c21. The number of fused-ring (bicyclic) bond motifs is 1. The van der Waals surface area contributed by atoms with Crippen molar-refractivity contribution in [3.05, 3.63) is 106 Å². The van der Waals surface area contributed by atoms with Gasteiger partial charge in [-0.05, 0) is 60.7 Å². The number of nitrogens with zero attached hydrogens (tertiary/aromatic N) is 6. The number of primary amides is 1. The second-order valence-corrected chi connectivity index (χ2v) is 14.7. The van der Waals surface area contributed by atoms with Gasteiger partial charge in [-0.25, -0.2) is 19.4 Å². The van der Waals surface area contributed by atoms with E-state index in [9.17, 15) is 37.1 Å². The van der Waals surface area contributed by atoms with Gasteiger partial charge in [-0.3, -0.25) is 33.6 Å². The Morgan fingerprint density at radius 1 is 1.03 bits per heavy atom. The van der Waals surface area contributed by atoms with Crippen LogP contribution >= 0.6 is 0 Å². The molecule has 2 aromatic carbocycles. The van der Waals surface area contributed by atoms with Crippen molar-refractivity contribution in [1.82, 2.24) is 39.5 Å². The van der Waals surface area contributed by atoms with Gasteiger partial charge in [-0.15, -0.1) is 0 Å². The predicted molar refractivity (Wildman–Crippen MR) is 225 cm³/mol. The van der Waals surface area contributed by atoms with E-state index >= 15 is 0 Å². The van der Waals surface area contributed by atoms with Crippen LogP contribution in [0.2, 0.25) is 0 Å². The number of hydrogen-bond donors (Lipinski definition) is 5. The fourth-order valence-electron chi connectivity index (χ4n) is 7.11. The molecular formula is C42H44F3N11O8. The standard InChI is InChI=1S/C42H44F3N11O8/c1-54-36-26(4-2-6-31(36)56(41(54)61)32-11-12-34(57)52-39(32)60)5-3-16-62-18-19-63-17-15-47-21-25-7-9-28(10-8-25)55-22-29(35(53-55)37(46)58)50-38(59)30-23-64-40(51-30)27-13-14-48-33(20-27)49-24-42(43,44)45/h2,4,6-10,13-14,20,22-23,32,47H,3,5,11-12,15-19,21,24H2,1H3,(H2,46,58)(H,48,49)(H,50,59)(H,52,57,60)/t32-/m1/s1. The molecule has 0 radical (unpaired) electrons. The molecule has 6 N–H and O–H groups in total. The molecule has 1 aliphatic rings. The first kappa shape index (κ1) is 44.9. The number of anilines is 2. The molecule has 1 atom stereocenters. The largest absolute Gasteiger partial charge is 0.444 e. The van der Waals surface area contributed by atoms with Crippen LogP contribution in [0.4, 0.5) is 24.7 Å². The number of imidazole rings is 1. The zero-order chi connectivity index (χ0) is 45.4. The summed E-state index contributed by atoms with van der Waals surface area (Å²) < 4.78 is 59.1. The number of nitrogens with one attached hydrogen (secondary N) is 4. The van der Waals surface area contributed by atoms with E-state index in [0.717, 1.165) is 22.9 Å². The van der Waals surface area contributed by atoms with Crippen molar-refractivity contribution in [1.29, 1.82) is 0 Å². The first-order valence-corrected chi connectivity index (χ1v) is 20.2. The summed E-state index contributed by atoms with van der Waals surface area (Å²) in [6.07, 6.45) is 1.13. The van der Waals surface area contributed by atoms with Crippen LogP contribution in [0.5, 0.6) is 0 Å². The summed E-state index contributed by atoms with van der Waals surface area (Å²) in [6.45, 7) is 1.63. The molecule has 4 aromatic heterocycles.